The summed E-state index contributed by atoms with van der Waals surface area (Å²) >= 11 is 0. The SMILES string of the molecule is COc1ncc(-c2cccc3c2CC2(CC3)N=C(NC(=O)c3ccccc3)CO2)c(OC)n1. The van der Waals surface area contributed by atoms with Crippen LogP contribution >= 0.6 is 0 Å². The van der Waals surface area contributed by atoms with Crippen molar-refractivity contribution in [3.8, 4) is 23.0 Å². The van der Waals surface area contributed by atoms with E-state index in [1.807, 2.05) is 30.3 Å². The van der Waals surface area contributed by atoms with E-state index in [1.165, 1.54) is 12.7 Å². The fraction of sp³-hybridized carbons (Fsp3) is 0.280. The van der Waals surface area contributed by atoms with E-state index in [9.17, 15) is 4.79 Å². The number of nitrogens with zero attached hydrogens (tertiary/aromatic N) is 3. The number of carbonyl (C=O) groups excluding carboxylic acids is 1. The summed E-state index contributed by atoms with van der Waals surface area (Å²) in [5, 5.41) is 2.90. The molecule has 8 nitrogen and oxygen atoms in total. The van der Waals surface area contributed by atoms with Crippen LogP contribution in [-0.4, -0.2) is 48.3 Å². The van der Waals surface area contributed by atoms with Crippen molar-refractivity contribution in [1.29, 1.82) is 0 Å². The second-order valence-electron chi connectivity index (χ2n) is 8.01. The lowest BCUT2D eigenvalue weighted by Gasteiger charge is -2.32. The van der Waals surface area contributed by atoms with E-state index in [-0.39, 0.29) is 18.5 Å². The third-order valence-corrected chi connectivity index (χ3v) is 6.02. The number of amides is 1. The Bertz CT molecular complexity index is 1230. The fourth-order valence-corrected chi connectivity index (χ4v) is 4.40. The lowest BCUT2D eigenvalue weighted by atomic mass is 9.82. The molecule has 8 heteroatoms. The molecule has 1 aliphatic carbocycles. The van der Waals surface area contributed by atoms with Gasteiger partial charge in [-0.15, -0.1) is 0 Å². The van der Waals surface area contributed by atoms with Crippen molar-refractivity contribution < 1.29 is 19.0 Å². The number of nitrogens with one attached hydrogen (secondary N) is 1. The Morgan fingerprint density at radius 2 is 1.91 bits per heavy atom. The molecule has 1 aliphatic heterocycles. The standard InChI is InChI=1S/C25H24N4O4/c1-31-23-20(14-26-24(28-23)32-2)18-10-6-9-16-11-12-25(13-19(16)18)29-21(15-33-25)27-22(30)17-7-4-3-5-8-17/h3-10,14H,11-13,15H2,1-2H3,(H,27,29,30). The number of aromatic nitrogens is 2. The second kappa shape index (κ2) is 8.63. The fourth-order valence-electron chi connectivity index (χ4n) is 4.40. The quantitative estimate of drug-likeness (QED) is 0.664. The number of benzene rings is 2. The highest BCUT2D eigenvalue weighted by atomic mass is 16.5. The Labute approximate surface area is 191 Å². The molecule has 0 bridgehead atoms. The van der Waals surface area contributed by atoms with Crippen LogP contribution in [0.5, 0.6) is 11.9 Å². The smallest absolute Gasteiger partial charge is 0.319 e. The zero-order chi connectivity index (χ0) is 22.8. The monoisotopic (exact) mass is 444 g/mol. The summed E-state index contributed by atoms with van der Waals surface area (Å²) < 4.78 is 16.8. The van der Waals surface area contributed by atoms with Crippen LogP contribution in [0.3, 0.4) is 0 Å². The molecule has 1 spiro atoms. The van der Waals surface area contributed by atoms with Crippen molar-refractivity contribution in [2.24, 2.45) is 4.99 Å². The summed E-state index contributed by atoms with van der Waals surface area (Å²) in [6.45, 7) is 0.269. The predicted molar refractivity (Wildman–Crippen MR) is 123 cm³/mol. The van der Waals surface area contributed by atoms with Gasteiger partial charge < -0.3 is 19.5 Å². The van der Waals surface area contributed by atoms with Gasteiger partial charge in [0, 0.05) is 24.6 Å². The van der Waals surface area contributed by atoms with Gasteiger partial charge in [0.05, 0.1) is 19.8 Å². The van der Waals surface area contributed by atoms with Crippen LogP contribution in [0, 0.1) is 0 Å². The first-order chi connectivity index (χ1) is 16.1. The molecular formula is C25H24N4O4. The minimum atomic E-state index is -0.705. The van der Waals surface area contributed by atoms with Crippen molar-refractivity contribution in [1.82, 2.24) is 15.3 Å². The van der Waals surface area contributed by atoms with E-state index in [1.54, 1.807) is 25.4 Å². The van der Waals surface area contributed by atoms with Gasteiger partial charge in [-0.3, -0.25) is 4.79 Å². The van der Waals surface area contributed by atoms with E-state index < -0.39 is 5.72 Å². The van der Waals surface area contributed by atoms with Crippen molar-refractivity contribution in [3.05, 3.63) is 71.4 Å². The van der Waals surface area contributed by atoms with Crippen LogP contribution in [0.15, 0.2) is 59.7 Å². The number of ether oxygens (including phenoxy) is 3. The lowest BCUT2D eigenvalue weighted by molar-refractivity contribution is -0.0109. The number of hydrogen-bond donors (Lipinski definition) is 1. The second-order valence-corrected chi connectivity index (χ2v) is 8.01. The Kier molecular flexibility index (Phi) is 5.51. The zero-order valence-corrected chi connectivity index (χ0v) is 18.5. The van der Waals surface area contributed by atoms with Crippen LogP contribution in [0.2, 0.25) is 0 Å². The maximum absolute atomic E-state index is 12.5. The molecule has 0 fully saturated rings. The molecular weight excluding hydrogens is 420 g/mol. The average Bonchev–Trinajstić information content (AvgIpc) is 3.25. The van der Waals surface area contributed by atoms with Crippen LogP contribution in [0.25, 0.3) is 11.1 Å². The van der Waals surface area contributed by atoms with E-state index in [0.717, 1.165) is 29.5 Å². The molecule has 0 radical (unpaired) electrons. The molecule has 168 valence electrons. The van der Waals surface area contributed by atoms with Gasteiger partial charge in [-0.25, -0.2) is 9.98 Å². The number of methoxy groups -OCH3 is 2. The molecule has 1 atom stereocenters. The summed E-state index contributed by atoms with van der Waals surface area (Å²) in [4.78, 5) is 26.0. The Hall–Kier alpha value is -3.78. The third kappa shape index (κ3) is 4.05. The minimum Gasteiger partial charge on any atom is -0.480 e. The highest BCUT2D eigenvalue weighted by Gasteiger charge is 2.41. The summed E-state index contributed by atoms with van der Waals surface area (Å²) in [6.07, 6.45) is 3.85. The van der Waals surface area contributed by atoms with Gasteiger partial charge in [0.2, 0.25) is 5.88 Å². The van der Waals surface area contributed by atoms with Gasteiger partial charge >= 0.3 is 6.01 Å². The molecule has 2 aromatic carbocycles. The van der Waals surface area contributed by atoms with Gasteiger partial charge in [0.1, 0.15) is 12.4 Å². The van der Waals surface area contributed by atoms with Gasteiger partial charge in [-0.05, 0) is 35.2 Å². The maximum atomic E-state index is 12.5. The Balaban J connectivity index is 1.44. The first kappa shape index (κ1) is 21.1. The molecule has 2 heterocycles. The van der Waals surface area contributed by atoms with Gasteiger partial charge in [0.25, 0.3) is 5.91 Å². The van der Waals surface area contributed by atoms with Crippen molar-refractivity contribution in [2.75, 3.05) is 20.8 Å². The topological polar surface area (TPSA) is 94.9 Å². The molecule has 1 N–H and O–H groups in total. The van der Waals surface area contributed by atoms with Gasteiger partial charge in [0.15, 0.2) is 5.72 Å². The first-order valence-electron chi connectivity index (χ1n) is 10.8. The zero-order valence-electron chi connectivity index (χ0n) is 18.5. The van der Waals surface area contributed by atoms with Crippen LogP contribution < -0.4 is 14.8 Å². The predicted octanol–water partition coefficient (Wildman–Crippen LogP) is 3.20. The molecule has 5 rings (SSSR count). The number of rotatable bonds is 4. The number of amidine groups is 1. The Morgan fingerprint density at radius 1 is 1.06 bits per heavy atom. The molecule has 33 heavy (non-hydrogen) atoms. The van der Waals surface area contributed by atoms with Gasteiger partial charge in [-0.2, -0.15) is 4.98 Å². The minimum absolute atomic E-state index is 0.188. The summed E-state index contributed by atoms with van der Waals surface area (Å²) in [5.41, 5.74) is 4.00. The van der Waals surface area contributed by atoms with Crippen LogP contribution in [0.1, 0.15) is 27.9 Å². The number of hydrogen-bond acceptors (Lipinski definition) is 7. The highest BCUT2D eigenvalue weighted by molar-refractivity contribution is 6.07. The number of aliphatic imine (C=N–C) groups is 1. The molecule has 1 aromatic heterocycles. The average molecular weight is 444 g/mol. The molecule has 0 saturated carbocycles. The van der Waals surface area contributed by atoms with Crippen LogP contribution in [0.4, 0.5) is 0 Å². The largest absolute Gasteiger partial charge is 0.480 e. The number of fused-ring (bicyclic) bond motifs is 1. The van der Waals surface area contributed by atoms with E-state index in [4.69, 9.17) is 19.2 Å². The molecule has 2 aliphatic rings. The van der Waals surface area contributed by atoms with Gasteiger partial charge in [-0.1, -0.05) is 36.4 Å². The van der Waals surface area contributed by atoms with E-state index in [0.29, 0.717) is 23.7 Å². The summed E-state index contributed by atoms with van der Waals surface area (Å²) in [5.74, 6) is 0.809. The van der Waals surface area contributed by atoms with Crippen LogP contribution in [-0.2, 0) is 17.6 Å². The highest BCUT2D eigenvalue weighted by Crippen LogP contribution is 2.41. The third-order valence-electron chi connectivity index (χ3n) is 6.02. The number of carbonyl (C=O) groups is 1. The van der Waals surface area contributed by atoms with Crippen molar-refractivity contribution >= 4 is 11.7 Å². The molecule has 1 unspecified atom stereocenters. The Morgan fingerprint density at radius 3 is 2.70 bits per heavy atom. The van der Waals surface area contributed by atoms with Crippen molar-refractivity contribution in [2.45, 2.75) is 25.0 Å². The lowest BCUT2D eigenvalue weighted by Crippen LogP contribution is -2.34. The normalized spacial score (nSPS) is 19.0. The first-order valence-corrected chi connectivity index (χ1v) is 10.8. The maximum Gasteiger partial charge on any atom is 0.319 e. The molecule has 1 amide bonds. The summed E-state index contributed by atoms with van der Waals surface area (Å²) in [6, 6.07) is 15.5. The van der Waals surface area contributed by atoms with E-state index >= 15 is 0 Å². The molecule has 3 aromatic rings. The molecule has 0 saturated heterocycles. The van der Waals surface area contributed by atoms with Crippen molar-refractivity contribution in [3.63, 3.8) is 0 Å². The summed E-state index contributed by atoms with van der Waals surface area (Å²) in [7, 11) is 3.10. The number of aryl methyl sites for hydroxylation is 1. The van der Waals surface area contributed by atoms with E-state index in [2.05, 4.69) is 21.4 Å².